The molecule has 0 amide bonds. The monoisotopic (exact) mass is 378 g/mol. The van der Waals surface area contributed by atoms with Crippen molar-refractivity contribution in [2.45, 2.75) is 6.61 Å². The van der Waals surface area contributed by atoms with Crippen molar-refractivity contribution in [1.29, 1.82) is 0 Å². The molecule has 1 N–H and O–H groups in total. The van der Waals surface area contributed by atoms with E-state index >= 15 is 0 Å². The molecular weight excluding hydrogens is 364 g/mol. The van der Waals surface area contributed by atoms with Crippen molar-refractivity contribution in [1.82, 2.24) is 9.97 Å². The van der Waals surface area contributed by atoms with Crippen LogP contribution in [0.4, 0.5) is 0 Å². The molecule has 0 radical (unpaired) electrons. The Morgan fingerprint density at radius 2 is 2.07 bits per heavy atom. The molecule has 0 bridgehead atoms. The van der Waals surface area contributed by atoms with E-state index in [4.69, 9.17) is 9.15 Å². The molecule has 0 spiro atoms. The highest BCUT2D eigenvalue weighted by Gasteiger charge is 2.13. The number of carbonyl (C=O) groups excluding carboxylic acids is 1. The summed E-state index contributed by atoms with van der Waals surface area (Å²) in [6, 6.07) is 13.1. The SMILES string of the molecule is O=C(/C=C/c1ccco1)OCc1nc2scc(-c3ccccc3)c2c(=O)[nH]1. The number of carbonyl (C=O) groups is 1. The maximum absolute atomic E-state index is 12.5. The van der Waals surface area contributed by atoms with Crippen molar-refractivity contribution in [3.05, 3.63) is 82.1 Å². The van der Waals surface area contributed by atoms with E-state index in [0.29, 0.717) is 21.8 Å². The Morgan fingerprint density at radius 1 is 1.22 bits per heavy atom. The quantitative estimate of drug-likeness (QED) is 0.419. The first-order chi connectivity index (χ1) is 13.2. The number of thiophene rings is 1. The minimum atomic E-state index is -0.551. The normalized spacial score (nSPS) is 11.3. The maximum Gasteiger partial charge on any atom is 0.331 e. The van der Waals surface area contributed by atoms with Crippen LogP contribution in [0.15, 0.2) is 69.4 Å². The van der Waals surface area contributed by atoms with Crippen molar-refractivity contribution < 1.29 is 13.9 Å². The van der Waals surface area contributed by atoms with E-state index in [1.54, 1.807) is 12.1 Å². The average Bonchev–Trinajstić information content (AvgIpc) is 3.35. The number of fused-ring (bicyclic) bond motifs is 1. The van der Waals surface area contributed by atoms with Gasteiger partial charge in [0.25, 0.3) is 5.56 Å². The van der Waals surface area contributed by atoms with Crippen LogP contribution in [0, 0.1) is 0 Å². The second-order valence-electron chi connectivity index (χ2n) is 5.66. The summed E-state index contributed by atoms with van der Waals surface area (Å²) < 4.78 is 10.2. The number of rotatable bonds is 5. The molecule has 4 aromatic rings. The molecule has 0 atom stereocenters. The van der Waals surface area contributed by atoms with Gasteiger partial charge in [0.2, 0.25) is 0 Å². The van der Waals surface area contributed by atoms with Crippen molar-refractivity contribution in [2.24, 2.45) is 0 Å². The highest BCUT2D eigenvalue weighted by molar-refractivity contribution is 7.17. The number of hydrogen-bond acceptors (Lipinski definition) is 6. The standard InChI is InChI=1S/C20H14N2O4S/c23-17(9-8-14-7-4-10-25-14)26-11-16-21-19(24)18-15(12-27-20(18)22-16)13-5-2-1-3-6-13/h1-10,12H,11H2,(H,21,22,24)/b9-8+. The molecule has 1 aromatic carbocycles. The van der Waals surface area contributed by atoms with Crippen LogP contribution in [0.3, 0.4) is 0 Å². The van der Waals surface area contributed by atoms with E-state index in [1.807, 2.05) is 35.7 Å². The topological polar surface area (TPSA) is 85.2 Å². The van der Waals surface area contributed by atoms with Crippen molar-refractivity contribution in [3.8, 4) is 11.1 Å². The Labute approximate surface area is 157 Å². The largest absolute Gasteiger partial charge is 0.465 e. The summed E-state index contributed by atoms with van der Waals surface area (Å²) in [4.78, 5) is 32.0. The zero-order chi connectivity index (χ0) is 18.6. The lowest BCUT2D eigenvalue weighted by Crippen LogP contribution is -2.13. The lowest BCUT2D eigenvalue weighted by molar-refractivity contribution is -0.139. The molecule has 0 aliphatic rings. The van der Waals surface area contributed by atoms with Crippen LogP contribution in [-0.4, -0.2) is 15.9 Å². The molecule has 0 saturated carbocycles. The number of nitrogens with one attached hydrogen (secondary N) is 1. The number of benzene rings is 1. The van der Waals surface area contributed by atoms with Gasteiger partial charge in [-0.15, -0.1) is 11.3 Å². The fourth-order valence-corrected chi connectivity index (χ4v) is 3.58. The average molecular weight is 378 g/mol. The molecule has 0 aliphatic carbocycles. The lowest BCUT2D eigenvalue weighted by Gasteiger charge is -2.03. The van der Waals surface area contributed by atoms with E-state index in [0.717, 1.165) is 11.1 Å². The molecule has 0 fully saturated rings. The Morgan fingerprint density at radius 3 is 2.85 bits per heavy atom. The van der Waals surface area contributed by atoms with Crippen molar-refractivity contribution in [2.75, 3.05) is 0 Å². The van der Waals surface area contributed by atoms with Crippen molar-refractivity contribution >= 4 is 33.6 Å². The minimum Gasteiger partial charge on any atom is -0.465 e. The molecule has 7 heteroatoms. The van der Waals surface area contributed by atoms with Gasteiger partial charge in [0.05, 0.1) is 11.6 Å². The summed E-state index contributed by atoms with van der Waals surface area (Å²) in [7, 11) is 0. The Bertz CT molecular complexity index is 1160. The van der Waals surface area contributed by atoms with Gasteiger partial charge in [-0.25, -0.2) is 9.78 Å². The van der Waals surface area contributed by atoms with Crippen LogP contribution < -0.4 is 5.56 Å². The zero-order valence-electron chi connectivity index (χ0n) is 14.0. The highest BCUT2D eigenvalue weighted by atomic mass is 32.1. The number of aromatic nitrogens is 2. The van der Waals surface area contributed by atoms with Crippen LogP contribution in [0.25, 0.3) is 27.4 Å². The highest BCUT2D eigenvalue weighted by Crippen LogP contribution is 2.30. The van der Waals surface area contributed by atoms with Crippen LogP contribution >= 0.6 is 11.3 Å². The molecule has 27 heavy (non-hydrogen) atoms. The lowest BCUT2D eigenvalue weighted by atomic mass is 10.1. The number of esters is 1. The predicted octanol–water partition coefficient (Wildman–Crippen LogP) is 4.00. The van der Waals surface area contributed by atoms with Gasteiger partial charge < -0.3 is 14.1 Å². The summed E-state index contributed by atoms with van der Waals surface area (Å²) in [6.45, 7) is -0.120. The van der Waals surface area contributed by atoms with Crippen LogP contribution in [0.5, 0.6) is 0 Å². The summed E-state index contributed by atoms with van der Waals surface area (Å²) in [5.74, 6) is 0.297. The minimum absolute atomic E-state index is 0.120. The van der Waals surface area contributed by atoms with Gasteiger partial charge in [-0.3, -0.25) is 4.79 Å². The first kappa shape index (κ1) is 17.0. The first-order valence-corrected chi connectivity index (χ1v) is 9.03. The number of H-pyrrole nitrogens is 1. The Hall–Kier alpha value is -3.45. The third-order valence-corrected chi connectivity index (χ3v) is 4.73. The third-order valence-electron chi connectivity index (χ3n) is 3.86. The van der Waals surface area contributed by atoms with Gasteiger partial charge in [-0.1, -0.05) is 30.3 Å². The Kier molecular flexibility index (Phi) is 4.67. The number of ether oxygens (including phenoxy) is 1. The number of nitrogens with zero attached hydrogens (tertiary/aromatic N) is 1. The second kappa shape index (κ2) is 7.43. The number of hydrogen-bond donors (Lipinski definition) is 1. The smallest absolute Gasteiger partial charge is 0.331 e. The fourth-order valence-electron chi connectivity index (χ4n) is 2.62. The number of aromatic amines is 1. The van der Waals surface area contributed by atoms with E-state index in [1.165, 1.54) is 29.8 Å². The van der Waals surface area contributed by atoms with Crippen molar-refractivity contribution in [3.63, 3.8) is 0 Å². The van der Waals surface area contributed by atoms with Gasteiger partial charge in [0.15, 0.2) is 0 Å². The van der Waals surface area contributed by atoms with E-state index < -0.39 is 5.97 Å². The van der Waals surface area contributed by atoms with Crippen LogP contribution in [0.1, 0.15) is 11.6 Å². The molecule has 6 nitrogen and oxygen atoms in total. The summed E-state index contributed by atoms with van der Waals surface area (Å²) in [5.41, 5.74) is 1.55. The Balaban J connectivity index is 1.52. The zero-order valence-corrected chi connectivity index (χ0v) is 14.9. The van der Waals surface area contributed by atoms with Gasteiger partial charge in [-0.05, 0) is 23.8 Å². The molecule has 0 unspecified atom stereocenters. The summed E-state index contributed by atoms with van der Waals surface area (Å²) >= 11 is 1.38. The molecule has 4 rings (SSSR count). The molecule has 0 saturated heterocycles. The third kappa shape index (κ3) is 3.73. The maximum atomic E-state index is 12.5. The molecule has 0 aliphatic heterocycles. The van der Waals surface area contributed by atoms with Crippen LogP contribution in [-0.2, 0) is 16.1 Å². The van der Waals surface area contributed by atoms with Gasteiger partial charge in [0, 0.05) is 17.0 Å². The van der Waals surface area contributed by atoms with Gasteiger partial charge >= 0.3 is 5.97 Å². The van der Waals surface area contributed by atoms with Gasteiger partial charge in [-0.2, -0.15) is 0 Å². The molecule has 3 aromatic heterocycles. The molecular formula is C20H14N2O4S. The molecule has 134 valence electrons. The van der Waals surface area contributed by atoms with E-state index in [2.05, 4.69) is 9.97 Å². The van der Waals surface area contributed by atoms with E-state index in [9.17, 15) is 9.59 Å². The predicted molar refractivity (Wildman–Crippen MR) is 103 cm³/mol. The first-order valence-electron chi connectivity index (χ1n) is 8.15. The van der Waals surface area contributed by atoms with Crippen LogP contribution in [0.2, 0.25) is 0 Å². The summed E-state index contributed by atoms with van der Waals surface area (Å²) in [6.07, 6.45) is 4.28. The van der Waals surface area contributed by atoms with Gasteiger partial charge in [0.1, 0.15) is 23.0 Å². The second-order valence-corrected chi connectivity index (χ2v) is 6.52. The number of furan rings is 1. The fraction of sp³-hybridized carbons (Fsp3) is 0.0500. The van der Waals surface area contributed by atoms with E-state index in [-0.39, 0.29) is 12.2 Å². The molecule has 3 heterocycles. The summed E-state index contributed by atoms with van der Waals surface area (Å²) in [5, 5.41) is 2.45.